The molecule has 0 fully saturated rings. The number of sulfonamides is 1. The fraction of sp³-hybridized carbons (Fsp3) is 0.500. The summed E-state index contributed by atoms with van der Waals surface area (Å²) in [6.07, 6.45) is 2.97. The minimum atomic E-state index is -3.17. The van der Waals surface area contributed by atoms with Crippen molar-refractivity contribution in [3.8, 4) is 0 Å². The number of nitrogens with two attached hydrogens (primary N) is 1. The average molecular weight is 313 g/mol. The highest BCUT2D eigenvalue weighted by molar-refractivity contribution is 7.88. The monoisotopic (exact) mass is 313 g/mol. The Morgan fingerprint density at radius 3 is 2.52 bits per heavy atom. The van der Waals surface area contributed by atoms with E-state index < -0.39 is 16.1 Å². The van der Waals surface area contributed by atoms with Crippen molar-refractivity contribution in [3.63, 3.8) is 0 Å². The molecule has 0 bridgehead atoms. The lowest BCUT2D eigenvalue weighted by atomic mass is 10.1. The van der Waals surface area contributed by atoms with E-state index in [9.17, 15) is 13.2 Å². The molecule has 7 heteroatoms. The standard InChI is InChI=1S/C14H23N3O3S/c1-21(19,20)17-11-5-10-16-14(18)13(15)9-8-12-6-3-2-4-7-12/h2-4,6-7,13,17H,5,8-11,15H2,1H3,(H,16,18)/t13-/m0/s1. The Bertz CT molecular complexity index is 532. The predicted molar refractivity (Wildman–Crippen MR) is 83.2 cm³/mol. The fourth-order valence-corrected chi connectivity index (χ4v) is 2.30. The molecule has 6 nitrogen and oxygen atoms in total. The number of rotatable bonds is 9. The molecule has 0 aliphatic heterocycles. The molecule has 118 valence electrons. The van der Waals surface area contributed by atoms with Gasteiger partial charge in [0.1, 0.15) is 0 Å². The Morgan fingerprint density at radius 1 is 1.24 bits per heavy atom. The third-order valence-electron chi connectivity index (χ3n) is 2.94. The molecule has 0 saturated heterocycles. The Morgan fingerprint density at radius 2 is 1.90 bits per heavy atom. The Kier molecular flexibility index (Phi) is 7.35. The van der Waals surface area contributed by atoms with Gasteiger partial charge in [-0.05, 0) is 24.8 Å². The zero-order valence-corrected chi connectivity index (χ0v) is 13.0. The van der Waals surface area contributed by atoms with Crippen LogP contribution in [0.3, 0.4) is 0 Å². The molecule has 0 radical (unpaired) electrons. The number of carbonyl (C=O) groups is 1. The number of aryl methyl sites for hydroxylation is 1. The summed E-state index contributed by atoms with van der Waals surface area (Å²) in [5, 5.41) is 2.71. The van der Waals surface area contributed by atoms with Crippen molar-refractivity contribution in [1.29, 1.82) is 0 Å². The van der Waals surface area contributed by atoms with Gasteiger partial charge in [0, 0.05) is 13.1 Å². The molecule has 0 saturated carbocycles. The zero-order valence-electron chi connectivity index (χ0n) is 12.2. The molecule has 1 amide bonds. The summed E-state index contributed by atoms with van der Waals surface area (Å²) in [4.78, 5) is 11.7. The van der Waals surface area contributed by atoms with E-state index in [1.54, 1.807) is 0 Å². The fourth-order valence-electron chi connectivity index (χ4n) is 1.79. The number of carbonyl (C=O) groups excluding carboxylic acids is 1. The van der Waals surface area contributed by atoms with Gasteiger partial charge >= 0.3 is 0 Å². The molecular weight excluding hydrogens is 290 g/mol. The molecule has 0 aliphatic rings. The van der Waals surface area contributed by atoms with E-state index in [0.717, 1.165) is 18.2 Å². The zero-order chi connectivity index (χ0) is 15.7. The van der Waals surface area contributed by atoms with E-state index in [-0.39, 0.29) is 5.91 Å². The maximum Gasteiger partial charge on any atom is 0.236 e. The van der Waals surface area contributed by atoms with Gasteiger partial charge in [-0.2, -0.15) is 0 Å². The normalized spacial score (nSPS) is 12.9. The maximum atomic E-state index is 11.7. The van der Waals surface area contributed by atoms with Gasteiger partial charge in [0.05, 0.1) is 12.3 Å². The molecule has 0 unspecified atom stereocenters. The van der Waals surface area contributed by atoms with Crippen molar-refractivity contribution in [2.75, 3.05) is 19.3 Å². The molecule has 4 N–H and O–H groups in total. The minimum absolute atomic E-state index is 0.203. The molecule has 0 spiro atoms. The SMILES string of the molecule is CS(=O)(=O)NCCCNC(=O)[C@@H](N)CCc1ccccc1. The first-order chi connectivity index (χ1) is 9.88. The van der Waals surface area contributed by atoms with Gasteiger partial charge in [-0.15, -0.1) is 0 Å². The van der Waals surface area contributed by atoms with Crippen LogP contribution in [0, 0.1) is 0 Å². The Labute approximate surface area is 126 Å². The summed E-state index contributed by atoms with van der Waals surface area (Å²) in [6.45, 7) is 0.707. The summed E-state index contributed by atoms with van der Waals surface area (Å²) in [7, 11) is -3.17. The van der Waals surface area contributed by atoms with Crippen LogP contribution in [-0.4, -0.2) is 39.7 Å². The summed E-state index contributed by atoms with van der Waals surface area (Å²) >= 11 is 0. The van der Waals surface area contributed by atoms with Crippen LogP contribution in [0.15, 0.2) is 30.3 Å². The van der Waals surface area contributed by atoms with Gasteiger partial charge < -0.3 is 11.1 Å². The highest BCUT2D eigenvalue weighted by Crippen LogP contribution is 2.04. The first-order valence-electron chi connectivity index (χ1n) is 6.90. The van der Waals surface area contributed by atoms with Crippen LogP contribution in [-0.2, 0) is 21.2 Å². The van der Waals surface area contributed by atoms with Crippen LogP contribution >= 0.6 is 0 Å². The van der Waals surface area contributed by atoms with E-state index in [4.69, 9.17) is 5.73 Å². The van der Waals surface area contributed by atoms with Crippen molar-refractivity contribution < 1.29 is 13.2 Å². The van der Waals surface area contributed by atoms with Crippen molar-refractivity contribution in [3.05, 3.63) is 35.9 Å². The summed E-state index contributed by atoms with van der Waals surface area (Å²) in [6, 6.07) is 9.31. The first kappa shape index (κ1) is 17.6. The molecule has 0 heterocycles. The molecule has 1 aromatic carbocycles. The molecule has 21 heavy (non-hydrogen) atoms. The van der Waals surface area contributed by atoms with Crippen LogP contribution in [0.1, 0.15) is 18.4 Å². The van der Waals surface area contributed by atoms with Crippen LogP contribution in [0.5, 0.6) is 0 Å². The van der Waals surface area contributed by atoms with Crippen molar-refractivity contribution in [2.24, 2.45) is 5.73 Å². The molecule has 1 atom stereocenters. The lowest BCUT2D eigenvalue weighted by molar-refractivity contribution is -0.122. The number of nitrogens with one attached hydrogen (secondary N) is 2. The van der Waals surface area contributed by atoms with Gasteiger partial charge in [-0.3, -0.25) is 4.79 Å². The lowest BCUT2D eigenvalue weighted by Crippen LogP contribution is -2.41. The maximum absolute atomic E-state index is 11.7. The quantitative estimate of drug-likeness (QED) is 0.559. The lowest BCUT2D eigenvalue weighted by Gasteiger charge is -2.12. The average Bonchev–Trinajstić information content (AvgIpc) is 2.44. The molecular formula is C14H23N3O3S. The first-order valence-corrected chi connectivity index (χ1v) is 8.79. The Balaban J connectivity index is 2.16. The van der Waals surface area contributed by atoms with Crippen LogP contribution in [0.2, 0.25) is 0 Å². The number of amides is 1. The van der Waals surface area contributed by atoms with E-state index >= 15 is 0 Å². The van der Waals surface area contributed by atoms with E-state index in [1.807, 2.05) is 30.3 Å². The van der Waals surface area contributed by atoms with Crippen molar-refractivity contribution >= 4 is 15.9 Å². The second-order valence-electron chi connectivity index (χ2n) is 4.94. The van der Waals surface area contributed by atoms with Crippen LogP contribution in [0.4, 0.5) is 0 Å². The summed E-state index contributed by atoms with van der Waals surface area (Å²) in [5.74, 6) is -0.203. The third-order valence-corrected chi connectivity index (χ3v) is 3.67. The molecule has 0 aromatic heterocycles. The third kappa shape index (κ3) is 8.44. The highest BCUT2D eigenvalue weighted by atomic mass is 32.2. The van der Waals surface area contributed by atoms with Crippen molar-refractivity contribution in [1.82, 2.24) is 10.0 Å². The van der Waals surface area contributed by atoms with Crippen molar-refractivity contribution in [2.45, 2.75) is 25.3 Å². The van der Waals surface area contributed by atoms with Gasteiger partial charge in [-0.1, -0.05) is 30.3 Å². The van der Waals surface area contributed by atoms with Crippen LogP contribution < -0.4 is 15.8 Å². The van der Waals surface area contributed by atoms with Gasteiger partial charge in [0.15, 0.2) is 0 Å². The second kappa shape index (κ2) is 8.76. The highest BCUT2D eigenvalue weighted by Gasteiger charge is 2.12. The number of benzene rings is 1. The number of hydrogen-bond acceptors (Lipinski definition) is 4. The molecule has 1 rings (SSSR count). The molecule has 0 aliphatic carbocycles. The van der Waals surface area contributed by atoms with Gasteiger partial charge in [0.25, 0.3) is 0 Å². The van der Waals surface area contributed by atoms with Gasteiger partial charge in [0.2, 0.25) is 15.9 Å². The Hall–Kier alpha value is -1.44. The van der Waals surface area contributed by atoms with E-state index in [2.05, 4.69) is 10.0 Å². The smallest absolute Gasteiger partial charge is 0.236 e. The van der Waals surface area contributed by atoms with E-state index in [1.165, 1.54) is 0 Å². The topological polar surface area (TPSA) is 101 Å². The predicted octanol–water partition coefficient (Wildman–Crippen LogP) is 0.00200. The van der Waals surface area contributed by atoms with Crippen LogP contribution in [0.25, 0.3) is 0 Å². The summed E-state index contributed by atoms with van der Waals surface area (Å²) in [5.41, 5.74) is 6.98. The van der Waals surface area contributed by atoms with Gasteiger partial charge in [-0.25, -0.2) is 13.1 Å². The number of hydrogen-bond donors (Lipinski definition) is 3. The van der Waals surface area contributed by atoms with E-state index in [0.29, 0.717) is 25.9 Å². The second-order valence-corrected chi connectivity index (χ2v) is 6.77. The summed E-state index contributed by atoms with van der Waals surface area (Å²) < 4.78 is 24.0. The largest absolute Gasteiger partial charge is 0.355 e. The molecule has 1 aromatic rings. The minimum Gasteiger partial charge on any atom is -0.355 e.